The van der Waals surface area contributed by atoms with Gasteiger partial charge in [0, 0.05) is 23.4 Å². The number of nitrogens with one attached hydrogen (secondary N) is 1. The maximum Gasteiger partial charge on any atom is 0.126 e. The summed E-state index contributed by atoms with van der Waals surface area (Å²) >= 11 is 0. The van der Waals surface area contributed by atoms with E-state index in [1.807, 2.05) is 12.1 Å². The zero-order chi connectivity index (χ0) is 22.8. The molecule has 0 fully saturated rings. The van der Waals surface area contributed by atoms with Crippen molar-refractivity contribution in [2.75, 3.05) is 26.1 Å². The van der Waals surface area contributed by atoms with E-state index in [4.69, 9.17) is 9.47 Å². The molecule has 0 spiro atoms. The highest BCUT2D eigenvalue weighted by Gasteiger charge is 2.08. The standard InChI is InChI=1S/C29H33NO2/c1-5-6-19-30-27-17-13-24(14-18-27)12-16-26-21-28(31-3)25(20-29(26)32-4)15-11-23-9-7-22(2)8-10-23/h7-18,20-21,30H,5-6,19H2,1-4H3/b15-11+,16-12+. The molecule has 3 aromatic carbocycles. The van der Waals surface area contributed by atoms with Crippen LogP contribution in [-0.2, 0) is 0 Å². The van der Waals surface area contributed by atoms with E-state index in [0.29, 0.717) is 0 Å². The van der Waals surface area contributed by atoms with Crippen molar-refractivity contribution in [2.24, 2.45) is 0 Å². The maximum atomic E-state index is 5.67. The van der Waals surface area contributed by atoms with Gasteiger partial charge in [-0.15, -0.1) is 0 Å². The Bertz CT molecular complexity index is 1050. The van der Waals surface area contributed by atoms with E-state index in [-0.39, 0.29) is 0 Å². The lowest BCUT2D eigenvalue weighted by atomic mass is 10.0. The molecule has 3 rings (SSSR count). The molecule has 0 radical (unpaired) electrons. The summed E-state index contributed by atoms with van der Waals surface area (Å²) < 4.78 is 11.3. The third kappa shape index (κ3) is 6.52. The molecule has 0 unspecified atom stereocenters. The average Bonchev–Trinajstić information content (AvgIpc) is 2.83. The van der Waals surface area contributed by atoms with Crippen LogP contribution in [-0.4, -0.2) is 20.8 Å². The fraction of sp³-hybridized carbons (Fsp3) is 0.241. The largest absolute Gasteiger partial charge is 0.496 e. The Morgan fingerprint density at radius 2 is 1.22 bits per heavy atom. The van der Waals surface area contributed by atoms with Crippen molar-refractivity contribution in [3.05, 3.63) is 88.5 Å². The first kappa shape index (κ1) is 23.2. The van der Waals surface area contributed by atoms with Gasteiger partial charge in [0.1, 0.15) is 11.5 Å². The molecular formula is C29H33NO2. The van der Waals surface area contributed by atoms with E-state index >= 15 is 0 Å². The van der Waals surface area contributed by atoms with Crippen LogP contribution in [0.5, 0.6) is 11.5 Å². The minimum Gasteiger partial charge on any atom is -0.496 e. The Kier molecular flexibility index (Phi) is 8.56. The fourth-order valence-corrected chi connectivity index (χ4v) is 3.38. The molecule has 32 heavy (non-hydrogen) atoms. The molecule has 0 saturated heterocycles. The first-order valence-electron chi connectivity index (χ1n) is 11.2. The number of ether oxygens (including phenoxy) is 2. The highest BCUT2D eigenvalue weighted by atomic mass is 16.5. The first-order chi connectivity index (χ1) is 15.6. The van der Waals surface area contributed by atoms with Gasteiger partial charge in [0.25, 0.3) is 0 Å². The van der Waals surface area contributed by atoms with Gasteiger partial charge in [-0.25, -0.2) is 0 Å². The Morgan fingerprint density at radius 3 is 1.69 bits per heavy atom. The molecule has 166 valence electrons. The number of hydrogen-bond acceptors (Lipinski definition) is 3. The summed E-state index contributed by atoms with van der Waals surface area (Å²) in [5, 5.41) is 3.45. The molecule has 3 aromatic rings. The average molecular weight is 428 g/mol. The van der Waals surface area contributed by atoms with E-state index < -0.39 is 0 Å². The van der Waals surface area contributed by atoms with Gasteiger partial charge in [-0.05, 0) is 48.7 Å². The van der Waals surface area contributed by atoms with Gasteiger partial charge in [0.2, 0.25) is 0 Å². The molecule has 0 bridgehead atoms. The molecule has 0 atom stereocenters. The van der Waals surface area contributed by atoms with Crippen LogP contribution in [0.15, 0.2) is 60.7 Å². The molecule has 0 heterocycles. The van der Waals surface area contributed by atoms with Crippen molar-refractivity contribution in [3.63, 3.8) is 0 Å². The summed E-state index contributed by atoms with van der Waals surface area (Å²) in [7, 11) is 3.40. The smallest absolute Gasteiger partial charge is 0.126 e. The molecule has 0 aliphatic heterocycles. The van der Waals surface area contributed by atoms with Crippen LogP contribution in [0.3, 0.4) is 0 Å². The SMILES string of the molecule is CCCCNc1ccc(/C=C/c2cc(OC)c(/C=C/c3ccc(C)cc3)cc2OC)cc1. The van der Waals surface area contributed by atoms with Crippen LogP contribution in [0.1, 0.15) is 47.6 Å². The summed E-state index contributed by atoms with van der Waals surface area (Å²) in [6, 6.07) is 20.9. The zero-order valence-electron chi connectivity index (χ0n) is 19.5. The van der Waals surface area contributed by atoms with E-state index in [1.54, 1.807) is 14.2 Å². The van der Waals surface area contributed by atoms with Crippen LogP contribution in [0.2, 0.25) is 0 Å². The van der Waals surface area contributed by atoms with Gasteiger partial charge >= 0.3 is 0 Å². The summed E-state index contributed by atoms with van der Waals surface area (Å²) in [4.78, 5) is 0. The number of benzene rings is 3. The number of methoxy groups -OCH3 is 2. The van der Waals surface area contributed by atoms with Crippen molar-refractivity contribution < 1.29 is 9.47 Å². The Hall–Kier alpha value is -3.46. The second-order valence-corrected chi connectivity index (χ2v) is 7.82. The molecule has 0 aromatic heterocycles. The number of unbranched alkanes of at least 4 members (excludes halogenated alkanes) is 1. The lowest BCUT2D eigenvalue weighted by molar-refractivity contribution is 0.401. The van der Waals surface area contributed by atoms with Crippen LogP contribution in [0.4, 0.5) is 5.69 Å². The fourth-order valence-electron chi connectivity index (χ4n) is 3.38. The van der Waals surface area contributed by atoms with Gasteiger partial charge in [-0.2, -0.15) is 0 Å². The molecule has 3 nitrogen and oxygen atoms in total. The number of rotatable bonds is 10. The summed E-state index contributed by atoms with van der Waals surface area (Å²) in [5.74, 6) is 1.62. The second-order valence-electron chi connectivity index (χ2n) is 7.82. The zero-order valence-corrected chi connectivity index (χ0v) is 19.5. The molecule has 0 aliphatic carbocycles. The predicted molar refractivity (Wildman–Crippen MR) is 138 cm³/mol. The van der Waals surface area contributed by atoms with E-state index in [0.717, 1.165) is 46.0 Å². The molecule has 0 aliphatic rings. The number of hydrogen-bond donors (Lipinski definition) is 1. The predicted octanol–water partition coefficient (Wildman–Crippen LogP) is 7.57. The van der Waals surface area contributed by atoms with E-state index in [1.165, 1.54) is 18.4 Å². The number of aryl methyl sites for hydroxylation is 1. The Morgan fingerprint density at radius 1 is 0.719 bits per heavy atom. The Balaban J connectivity index is 1.78. The quantitative estimate of drug-likeness (QED) is 0.267. The lowest BCUT2D eigenvalue weighted by Crippen LogP contribution is -2.00. The highest BCUT2D eigenvalue weighted by molar-refractivity contribution is 5.79. The van der Waals surface area contributed by atoms with Gasteiger partial charge in [0.15, 0.2) is 0 Å². The third-order valence-electron chi connectivity index (χ3n) is 5.34. The summed E-state index contributed by atoms with van der Waals surface area (Å²) in [5.41, 5.74) is 6.63. The molecule has 0 saturated carbocycles. The monoisotopic (exact) mass is 427 g/mol. The van der Waals surface area contributed by atoms with Crippen molar-refractivity contribution in [1.29, 1.82) is 0 Å². The topological polar surface area (TPSA) is 30.5 Å². The molecule has 3 heteroatoms. The summed E-state index contributed by atoms with van der Waals surface area (Å²) in [6.07, 6.45) is 10.7. The number of anilines is 1. The second kappa shape index (κ2) is 11.8. The molecule has 1 N–H and O–H groups in total. The lowest BCUT2D eigenvalue weighted by Gasteiger charge is -2.11. The molecular weight excluding hydrogens is 394 g/mol. The van der Waals surface area contributed by atoms with Crippen LogP contribution in [0, 0.1) is 6.92 Å². The van der Waals surface area contributed by atoms with Crippen LogP contribution < -0.4 is 14.8 Å². The van der Waals surface area contributed by atoms with Gasteiger partial charge in [0.05, 0.1) is 14.2 Å². The van der Waals surface area contributed by atoms with Crippen molar-refractivity contribution >= 4 is 30.0 Å². The van der Waals surface area contributed by atoms with Crippen molar-refractivity contribution in [3.8, 4) is 11.5 Å². The minimum absolute atomic E-state index is 0.809. The van der Waals surface area contributed by atoms with Crippen molar-refractivity contribution in [1.82, 2.24) is 0 Å². The minimum atomic E-state index is 0.809. The first-order valence-corrected chi connectivity index (χ1v) is 11.2. The highest BCUT2D eigenvalue weighted by Crippen LogP contribution is 2.31. The molecule has 0 amide bonds. The Labute approximate surface area is 192 Å². The van der Waals surface area contributed by atoms with Crippen LogP contribution in [0.25, 0.3) is 24.3 Å². The van der Waals surface area contributed by atoms with Crippen molar-refractivity contribution in [2.45, 2.75) is 26.7 Å². The van der Waals surface area contributed by atoms with E-state index in [2.05, 4.69) is 92.0 Å². The van der Waals surface area contributed by atoms with Gasteiger partial charge in [-0.3, -0.25) is 0 Å². The van der Waals surface area contributed by atoms with Crippen LogP contribution >= 0.6 is 0 Å². The third-order valence-corrected chi connectivity index (χ3v) is 5.34. The normalized spacial score (nSPS) is 11.2. The van der Waals surface area contributed by atoms with E-state index in [9.17, 15) is 0 Å². The van der Waals surface area contributed by atoms with Gasteiger partial charge in [-0.1, -0.05) is 79.6 Å². The maximum absolute atomic E-state index is 5.67. The summed E-state index contributed by atoms with van der Waals surface area (Å²) in [6.45, 7) is 5.30. The van der Waals surface area contributed by atoms with Gasteiger partial charge < -0.3 is 14.8 Å².